The maximum absolute atomic E-state index is 10.0. The SMILES string of the molecule is O=C(O)/C=C/C1CCOC1. The van der Waals surface area contributed by atoms with E-state index in [1.54, 1.807) is 6.08 Å². The number of ether oxygens (including phenoxy) is 1. The third-order valence-electron chi connectivity index (χ3n) is 1.48. The Balaban J connectivity index is 2.29. The van der Waals surface area contributed by atoms with Crippen LogP contribution in [0, 0.1) is 5.92 Å². The molecule has 1 aliphatic heterocycles. The molecule has 0 amide bonds. The van der Waals surface area contributed by atoms with Crippen LogP contribution in [0.1, 0.15) is 6.42 Å². The Bertz CT molecular complexity index is 145. The highest BCUT2D eigenvalue weighted by Gasteiger charge is 2.11. The van der Waals surface area contributed by atoms with Gasteiger partial charge in [-0.15, -0.1) is 0 Å². The second-order valence-corrected chi connectivity index (χ2v) is 2.32. The van der Waals surface area contributed by atoms with Crippen molar-refractivity contribution in [1.82, 2.24) is 0 Å². The summed E-state index contributed by atoms with van der Waals surface area (Å²) in [6.07, 6.45) is 3.82. The highest BCUT2D eigenvalue weighted by atomic mass is 16.5. The van der Waals surface area contributed by atoms with Gasteiger partial charge in [-0.2, -0.15) is 0 Å². The zero-order valence-corrected chi connectivity index (χ0v) is 5.62. The van der Waals surface area contributed by atoms with Crippen LogP contribution >= 0.6 is 0 Å². The smallest absolute Gasteiger partial charge is 0.327 e. The van der Waals surface area contributed by atoms with Crippen LogP contribution in [0.5, 0.6) is 0 Å². The molecule has 56 valence electrons. The lowest BCUT2D eigenvalue weighted by Crippen LogP contribution is -1.95. The minimum atomic E-state index is -0.882. The molecule has 0 aromatic rings. The van der Waals surface area contributed by atoms with Crippen molar-refractivity contribution in [1.29, 1.82) is 0 Å². The van der Waals surface area contributed by atoms with E-state index >= 15 is 0 Å². The van der Waals surface area contributed by atoms with Crippen LogP contribution in [-0.2, 0) is 9.53 Å². The van der Waals surface area contributed by atoms with Gasteiger partial charge in [0.2, 0.25) is 0 Å². The molecule has 0 aliphatic carbocycles. The van der Waals surface area contributed by atoms with Crippen molar-refractivity contribution in [2.24, 2.45) is 5.92 Å². The van der Waals surface area contributed by atoms with Crippen molar-refractivity contribution < 1.29 is 14.6 Å². The molecule has 0 spiro atoms. The molecule has 10 heavy (non-hydrogen) atoms. The van der Waals surface area contributed by atoms with E-state index in [-0.39, 0.29) is 0 Å². The van der Waals surface area contributed by atoms with Gasteiger partial charge in [0.15, 0.2) is 0 Å². The largest absolute Gasteiger partial charge is 0.478 e. The minimum absolute atomic E-state index is 0.316. The van der Waals surface area contributed by atoms with Crippen LogP contribution in [0.2, 0.25) is 0 Å². The molecule has 0 aromatic carbocycles. The van der Waals surface area contributed by atoms with E-state index in [2.05, 4.69) is 0 Å². The van der Waals surface area contributed by atoms with E-state index in [9.17, 15) is 4.79 Å². The molecule has 1 aliphatic rings. The molecule has 3 nitrogen and oxygen atoms in total. The first-order valence-corrected chi connectivity index (χ1v) is 3.28. The summed E-state index contributed by atoms with van der Waals surface area (Å²) < 4.78 is 5.05. The number of carboxylic acids is 1. The summed E-state index contributed by atoms with van der Waals surface area (Å²) in [6.45, 7) is 1.43. The van der Waals surface area contributed by atoms with Crippen molar-refractivity contribution in [3.8, 4) is 0 Å². The van der Waals surface area contributed by atoms with Crippen molar-refractivity contribution >= 4 is 5.97 Å². The lowest BCUT2D eigenvalue weighted by Gasteiger charge is -1.94. The maximum atomic E-state index is 10.0. The second-order valence-electron chi connectivity index (χ2n) is 2.32. The average molecular weight is 142 g/mol. The van der Waals surface area contributed by atoms with Crippen LogP contribution in [0.4, 0.5) is 0 Å². The summed E-state index contributed by atoms with van der Waals surface area (Å²) in [4.78, 5) is 10.0. The fourth-order valence-electron chi connectivity index (χ4n) is 0.923. The predicted octanol–water partition coefficient (Wildman–Crippen LogP) is 0.664. The monoisotopic (exact) mass is 142 g/mol. The summed E-state index contributed by atoms with van der Waals surface area (Å²) in [5, 5.41) is 8.25. The first-order chi connectivity index (χ1) is 4.79. The third-order valence-corrected chi connectivity index (χ3v) is 1.48. The van der Waals surface area contributed by atoms with Crippen molar-refractivity contribution in [3.05, 3.63) is 12.2 Å². The van der Waals surface area contributed by atoms with Crippen LogP contribution in [-0.4, -0.2) is 24.3 Å². The first-order valence-electron chi connectivity index (χ1n) is 3.28. The second kappa shape index (κ2) is 3.37. The molecular weight excluding hydrogens is 132 g/mol. The Labute approximate surface area is 59.3 Å². The molecule has 0 aromatic heterocycles. The number of aliphatic carboxylic acids is 1. The van der Waals surface area contributed by atoms with Crippen LogP contribution < -0.4 is 0 Å². The topological polar surface area (TPSA) is 46.5 Å². The van der Waals surface area contributed by atoms with E-state index in [1.165, 1.54) is 6.08 Å². The Morgan fingerprint density at radius 3 is 3.00 bits per heavy atom. The molecule has 0 bridgehead atoms. The first kappa shape index (κ1) is 7.28. The van der Waals surface area contributed by atoms with E-state index in [1.807, 2.05) is 0 Å². The zero-order chi connectivity index (χ0) is 7.40. The molecule has 1 rings (SSSR count). The fourth-order valence-corrected chi connectivity index (χ4v) is 0.923. The summed E-state index contributed by atoms with van der Waals surface area (Å²) >= 11 is 0. The van der Waals surface area contributed by atoms with Crippen LogP contribution in [0.25, 0.3) is 0 Å². The van der Waals surface area contributed by atoms with Gasteiger partial charge < -0.3 is 9.84 Å². The predicted molar refractivity (Wildman–Crippen MR) is 35.7 cm³/mol. The van der Waals surface area contributed by atoms with Crippen LogP contribution in [0.15, 0.2) is 12.2 Å². The lowest BCUT2D eigenvalue weighted by atomic mass is 10.1. The molecule has 1 saturated heterocycles. The van der Waals surface area contributed by atoms with Crippen molar-refractivity contribution in [2.75, 3.05) is 13.2 Å². The molecule has 0 radical (unpaired) electrons. The average Bonchev–Trinajstić information content (AvgIpc) is 2.34. The Kier molecular flexibility index (Phi) is 2.45. The normalized spacial score (nSPS) is 25.8. The van der Waals surface area contributed by atoms with E-state index < -0.39 is 5.97 Å². The van der Waals surface area contributed by atoms with Gasteiger partial charge in [-0.05, 0) is 6.42 Å². The van der Waals surface area contributed by atoms with E-state index in [0.29, 0.717) is 12.5 Å². The van der Waals surface area contributed by atoms with Crippen molar-refractivity contribution in [2.45, 2.75) is 6.42 Å². The number of hydrogen-bond donors (Lipinski definition) is 1. The Morgan fingerprint density at radius 2 is 2.50 bits per heavy atom. The Morgan fingerprint density at radius 1 is 1.70 bits per heavy atom. The van der Waals surface area contributed by atoms with Gasteiger partial charge >= 0.3 is 5.97 Å². The van der Waals surface area contributed by atoms with Gasteiger partial charge in [-0.3, -0.25) is 0 Å². The van der Waals surface area contributed by atoms with Gasteiger partial charge in [0.05, 0.1) is 6.61 Å². The summed E-state index contributed by atoms with van der Waals surface area (Å²) in [6, 6.07) is 0. The number of carbonyl (C=O) groups is 1. The van der Waals surface area contributed by atoms with E-state index in [0.717, 1.165) is 13.0 Å². The van der Waals surface area contributed by atoms with Gasteiger partial charge in [0.1, 0.15) is 0 Å². The Hall–Kier alpha value is -0.830. The third kappa shape index (κ3) is 2.19. The van der Waals surface area contributed by atoms with Gasteiger partial charge in [-0.25, -0.2) is 4.79 Å². The van der Waals surface area contributed by atoms with E-state index in [4.69, 9.17) is 9.84 Å². The highest BCUT2D eigenvalue weighted by Crippen LogP contribution is 2.12. The summed E-state index contributed by atoms with van der Waals surface area (Å²) in [7, 11) is 0. The molecule has 1 atom stereocenters. The standard InChI is InChI=1S/C7H10O3/c8-7(9)2-1-6-3-4-10-5-6/h1-2,6H,3-5H2,(H,8,9)/b2-1+. The van der Waals surface area contributed by atoms with Crippen molar-refractivity contribution in [3.63, 3.8) is 0 Å². The molecule has 0 saturated carbocycles. The quantitative estimate of drug-likeness (QED) is 0.576. The highest BCUT2D eigenvalue weighted by molar-refractivity contribution is 5.79. The van der Waals surface area contributed by atoms with Gasteiger partial charge in [0.25, 0.3) is 0 Å². The molecule has 1 unspecified atom stereocenters. The molecule has 3 heteroatoms. The fraction of sp³-hybridized carbons (Fsp3) is 0.571. The molecule has 1 N–H and O–H groups in total. The summed E-state index contributed by atoms with van der Waals surface area (Å²) in [5.41, 5.74) is 0. The summed E-state index contributed by atoms with van der Waals surface area (Å²) in [5.74, 6) is -0.567. The van der Waals surface area contributed by atoms with Gasteiger partial charge in [-0.1, -0.05) is 6.08 Å². The minimum Gasteiger partial charge on any atom is -0.478 e. The number of carboxylic acid groups (broad SMARTS) is 1. The zero-order valence-electron chi connectivity index (χ0n) is 5.62. The molecular formula is C7H10O3. The van der Waals surface area contributed by atoms with Crippen LogP contribution in [0.3, 0.4) is 0 Å². The number of rotatable bonds is 2. The number of hydrogen-bond acceptors (Lipinski definition) is 2. The van der Waals surface area contributed by atoms with Gasteiger partial charge in [0, 0.05) is 18.6 Å². The maximum Gasteiger partial charge on any atom is 0.327 e. The molecule has 1 fully saturated rings. The lowest BCUT2D eigenvalue weighted by molar-refractivity contribution is -0.131. The molecule has 1 heterocycles.